The number of aryl methyl sites for hydroxylation is 1. The Bertz CT molecular complexity index is 1030. The topological polar surface area (TPSA) is 59.8 Å². The van der Waals surface area contributed by atoms with E-state index in [1.165, 1.54) is 6.07 Å². The fourth-order valence-corrected chi connectivity index (χ4v) is 2.89. The molecule has 0 aliphatic carbocycles. The Labute approximate surface area is 151 Å². The monoisotopic (exact) mass is 351 g/mol. The average Bonchev–Trinajstić information content (AvgIpc) is 2.60. The van der Waals surface area contributed by atoms with Crippen LogP contribution in [0.1, 0.15) is 22.8 Å². The molecule has 0 saturated carbocycles. The predicted octanol–water partition coefficient (Wildman–Crippen LogP) is 4.01. The second-order valence-corrected chi connectivity index (χ2v) is 6.31. The summed E-state index contributed by atoms with van der Waals surface area (Å²) in [4.78, 5) is 26.0. The molecule has 0 atom stereocenters. The molecule has 0 bridgehead atoms. The SMILES string of the molecule is CCOC(=O)c1cc2cc(-c3ccc(N(C)C)cc3C)ccc2oc1=O. The third-order valence-electron chi connectivity index (χ3n) is 4.26. The standard InChI is InChI=1S/C21H21NO4/c1-5-25-20(23)18-12-15-11-14(6-9-19(15)26-21(18)24)17-8-7-16(22(3)4)10-13(17)2/h6-12H,5H2,1-4H3. The van der Waals surface area contributed by atoms with Crippen LogP contribution in [-0.4, -0.2) is 26.7 Å². The van der Waals surface area contributed by atoms with E-state index >= 15 is 0 Å². The molecule has 0 spiro atoms. The molecule has 1 heterocycles. The van der Waals surface area contributed by atoms with Crippen molar-refractivity contribution in [1.82, 2.24) is 0 Å². The number of ether oxygens (including phenoxy) is 1. The summed E-state index contributed by atoms with van der Waals surface area (Å²) in [6, 6.07) is 13.4. The first kappa shape index (κ1) is 17.7. The second kappa shape index (κ2) is 7.04. The van der Waals surface area contributed by atoms with Crippen LogP contribution < -0.4 is 10.5 Å². The van der Waals surface area contributed by atoms with Crippen LogP contribution in [0.15, 0.2) is 51.7 Å². The minimum absolute atomic E-state index is 0.0869. The van der Waals surface area contributed by atoms with Gasteiger partial charge in [-0.05, 0) is 60.9 Å². The van der Waals surface area contributed by atoms with Gasteiger partial charge in [-0.3, -0.25) is 0 Å². The average molecular weight is 351 g/mol. The molecule has 0 saturated heterocycles. The van der Waals surface area contributed by atoms with Crippen LogP contribution >= 0.6 is 0 Å². The zero-order chi connectivity index (χ0) is 18.8. The van der Waals surface area contributed by atoms with Crippen molar-refractivity contribution in [3.8, 4) is 11.1 Å². The minimum atomic E-state index is -0.685. The number of fused-ring (bicyclic) bond motifs is 1. The quantitative estimate of drug-likeness (QED) is 0.525. The van der Waals surface area contributed by atoms with E-state index in [9.17, 15) is 9.59 Å². The second-order valence-electron chi connectivity index (χ2n) is 6.31. The Hall–Kier alpha value is -3.08. The van der Waals surface area contributed by atoms with E-state index in [2.05, 4.69) is 30.0 Å². The summed E-state index contributed by atoms with van der Waals surface area (Å²) in [5.41, 5.74) is 4.01. The normalized spacial score (nSPS) is 10.8. The molecule has 26 heavy (non-hydrogen) atoms. The molecule has 0 N–H and O–H groups in total. The molecule has 0 amide bonds. The molecule has 0 aliphatic rings. The number of nitrogens with zero attached hydrogens (tertiary/aromatic N) is 1. The minimum Gasteiger partial charge on any atom is -0.462 e. The summed E-state index contributed by atoms with van der Waals surface area (Å²) in [6.45, 7) is 3.95. The Morgan fingerprint density at radius 1 is 1.12 bits per heavy atom. The highest BCUT2D eigenvalue weighted by Crippen LogP contribution is 2.29. The van der Waals surface area contributed by atoms with Crippen molar-refractivity contribution < 1.29 is 13.9 Å². The summed E-state index contributed by atoms with van der Waals surface area (Å²) in [7, 11) is 4.01. The van der Waals surface area contributed by atoms with Crippen molar-refractivity contribution in [1.29, 1.82) is 0 Å². The maximum absolute atomic E-state index is 12.0. The lowest BCUT2D eigenvalue weighted by atomic mass is 9.98. The highest BCUT2D eigenvalue weighted by Gasteiger charge is 2.15. The number of carbonyl (C=O) groups is 1. The highest BCUT2D eigenvalue weighted by atomic mass is 16.5. The third-order valence-corrected chi connectivity index (χ3v) is 4.26. The molecule has 0 unspecified atom stereocenters. The Kier molecular flexibility index (Phi) is 4.80. The largest absolute Gasteiger partial charge is 0.462 e. The molecular weight excluding hydrogens is 330 g/mol. The van der Waals surface area contributed by atoms with Gasteiger partial charge in [0.05, 0.1) is 6.61 Å². The maximum Gasteiger partial charge on any atom is 0.351 e. The van der Waals surface area contributed by atoms with E-state index in [1.807, 2.05) is 26.2 Å². The Morgan fingerprint density at radius 2 is 1.88 bits per heavy atom. The van der Waals surface area contributed by atoms with E-state index in [1.54, 1.807) is 13.0 Å². The van der Waals surface area contributed by atoms with Gasteiger partial charge in [0.15, 0.2) is 0 Å². The summed E-state index contributed by atoms with van der Waals surface area (Å²) in [5, 5.41) is 0.682. The molecule has 5 heteroatoms. The zero-order valence-corrected chi connectivity index (χ0v) is 15.3. The molecular formula is C21H21NO4. The van der Waals surface area contributed by atoms with E-state index < -0.39 is 11.6 Å². The fourth-order valence-electron chi connectivity index (χ4n) is 2.89. The van der Waals surface area contributed by atoms with Gasteiger partial charge >= 0.3 is 11.6 Å². The molecule has 3 rings (SSSR count). The Morgan fingerprint density at radius 3 is 2.54 bits per heavy atom. The van der Waals surface area contributed by atoms with Crippen molar-refractivity contribution in [2.24, 2.45) is 0 Å². The number of hydrogen-bond donors (Lipinski definition) is 0. The smallest absolute Gasteiger partial charge is 0.351 e. The molecule has 2 aromatic carbocycles. The van der Waals surface area contributed by atoms with E-state index in [4.69, 9.17) is 9.15 Å². The van der Waals surface area contributed by atoms with Gasteiger partial charge < -0.3 is 14.1 Å². The van der Waals surface area contributed by atoms with Gasteiger partial charge in [-0.2, -0.15) is 0 Å². The Balaban J connectivity index is 2.10. The number of rotatable bonds is 4. The van der Waals surface area contributed by atoms with Crippen LogP contribution in [0.4, 0.5) is 5.69 Å². The molecule has 5 nitrogen and oxygen atoms in total. The van der Waals surface area contributed by atoms with Crippen LogP contribution in [-0.2, 0) is 4.74 Å². The number of carbonyl (C=O) groups excluding carboxylic acids is 1. The maximum atomic E-state index is 12.0. The zero-order valence-electron chi connectivity index (χ0n) is 15.3. The highest BCUT2D eigenvalue weighted by molar-refractivity contribution is 5.94. The lowest BCUT2D eigenvalue weighted by Gasteiger charge is -2.15. The third kappa shape index (κ3) is 3.33. The number of anilines is 1. The van der Waals surface area contributed by atoms with Crippen molar-refractivity contribution in [2.45, 2.75) is 13.8 Å². The molecule has 0 aliphatic heterocycles. The van der Waals surface area contributed by atoms with Gasteiger partial charge in [-0.15, -0.1) is 0 Å². The van der Waals surface area contributed by atoms with Gasteiger partial charge in [0, 0.05) is 25.2 Å². The van der Waals surface area contributed by atoms with Gasteiger partial charge in [0.1, 0.15) is 11.1 Å². The van der Waals surface area contributed by atoms with Crippen LogP contribution in [0.2, 0.25) is 0 Å². The van der Waals surface area contributed by atoms with Crippen molar-refractivity contribution in [2.75, 3.05) is 25.6 Å². The molecule has 0 fully saturated rings. The summed E-state index contributed by atoms with van der Waals surface area (Å²) < 4.78 is 10.2. The number of hydrogen-bond acceptors (Lipinski definition) is 5. The summed E-state index contributed by atoms with van der Waals surface area (Å²) >= 11 is 0. The van der Waals surface area contributed by atoms with Gasteiger partial charge in [-0.25, -0.2) is 9.59 Å². The molecule has 134 valence electrons. The van der Waals surface area contributed by atoms with Gasteiger partial charge in [0.2, 0.25) is 0 Å². The van der Waals surface area contributed by atoms with Crippen molar-refractivity contribution in [3.05, 3.63) is 64.0 Å². The van der Waals surface area contributed by atoms with E-state index in [-0.39, 0.29) is 12.2 Å². The van der Waals surface area contributed by atoms with Crippen molar-refractivity contribution in [3.63, 3.8) is 0 Å². The van der Waals surface area contributed by atoms with Crippen molar-refractivity contribution >= 4 is 22.6 Å². The van der Waals surface area contributed by atoms with Crippen LogP contribution in [0.3, 0.4) is 0 Å². The molecule has 1 aromatic heterocycles. The lowest BCUT2D eigenvalue weighted by Crippen LogP contribution is -2.16. The lowest BCUT2D eigenvalue weighted by molar-refractivity contribution is 0.0522. The summed E-state index contributed by atoms with van der Waals surface area (Å²) in [6.07, 6.45) is 0. The summed E-state index contributed by atoms with van der Waals surface area (Å²) in [5.74, 6) is -0.667. The van der Waals surface area contributed by atoms with Crippen LogP contribution in [0.25, 0.3) is 22.1 Å². The van der Waals surface area contributed by atoms with Crippen LogP contribution in [0.5, 0.6) is 0 Å². The van der Waals surface area contributed by atoms with E-state index in [0.29, 0.717) is 11.0 Å². The van der Waals surface area contributed by atoms with Crippen LogP contribution in [0, 0.1) is 6.92 Å². The molecule has 3 aromatic rings. The van der Waals surface area contributed by atoms with Gasteiger partial charge in [0.25, 0.3) is 0 Å². The number of benzene rings is 2. The van der Waals surface area contributed by atoms with Gasteiger partial charge in [-0.1, -0.05) is 12.1 Å². The fraction of sp³-hybridized carbons (Fsp3) is 0.238. The first-order valence-corrected chi connectivity index (χ1v) is 8.44. The van der Waals surface area contributed by atoms with E-state index in [0.717, 1.165) is 22.4 Å². The first-order valence-electron chi connectivity index (χ1n) is 8.44. The predicted molar refractivity (Wildman–Crippen MR) is 103 cm³/mol. The first-order chi connectivity index (χ1) is 12.4. The molecule has 0 radical (unpaired) electrons. The number of esters is 1.